The standard InChI is InChI=1S/C16H22O5/c1-18-14-7-6-13(12-17)11-15(14)19-9-4-10-21-16-5-2-3-8-20-16/h6-7,11-12,16H,2-5,8-10H2,1H3. The van der Waals surface area contributed by atoms with Gasteiger partial charge in [-0.15, -0.1) is 0 Å². The zero-order chi connectivity index (χ0) is 14.9. The van der Waals surface area contributed by atoms with Crippen molar-refractivity contribution in [3.8, 4) is 11.5 Å². The summed E-state index contributed by atoms with van der Waals surface area (Å²) < 4.78 is 22.0. The molecule has 1 aliphatic heterocycles. The summed E-state index contributed by atoms with van der Waals surface area (Å²) in [5.41, 5.74) is 0.567. The molecular formula is C16H22O5. The number of rotatable bonds is 8. The molecule has 0 amide bonds. The van der Waals surface area contributed by atoms with E-state index in [4.69, 9.17) is 18.9 Å². The van der Waals surface area contributed by atoms with E-state index in [1.165, 1.54) is 0 Å². The Balaban J connectivity index is 1.71. The Morgan fingerprint density at radius 1 is 1.29 bits per heavy atom. The average molecular weight is 294 g/mol. The molecule has 0 saturated carbocycles. The number of carbonyl (C=O) groups excluding carboxylic acids is 1. The number of carbonyl (C=O) groups is 1. The Hall–Kier alpha value is -1.59. The molecule has 21 heavy (non-hydrogen) atoms. The first-order chi connectivity index (χ1) is 10.3. The molecule has 1 atom stereocenters. The molecule has 1 unspecified atom stereocenters. The van der Waals surface area contributed by atoms with Crippen LogP contribution in [0.5, 0.6) is 11.5 Å². The fraction of sp³-hybridized carbons (Fsp3) is 0.562. The SMILES string of the molecule is COc1ccc(C=O)cc1OCCCOC1CCCCO1. The first-order valence-electron chi connectivity index (χ1n) is 7.32. The molecule has 1 heterocycles. The van der Waals surface area contributed by atoms with E-state index in [1.54, 1.807) is 25.3 Å². The van der Waals surface area contributed by atoms with Crippen molar-refractivity contribution in [2.45, 2.75) is 32.0 Å². The average Bonchev–Trinajstić information content (AvgIpc) is 2.55. The van der Waals surface area contributed by atoms with Gasteiger partial charge in [0, 0.05) is 18.6 Å². The molecule has 1 aliphatic rings. The molecule has 1 aromatic carbocycles. The minimum absolute atomic E-state index is 0.0633. The molecule has 116 valence electrons. The summed E-state index contributed by atoms with van der Waals surface area (Å²) in [4.78, 5) is 10.8. The lowest BCUT2D eigenvalue weighted by atomic mass is 10.2. The van der Waals surface area contributed by atoms with Crippen molar-refractivity contribution in [3.63, 3.8) is 0 Å². The van der Waals surface area contributed by atoms with Crippen LogP contribution in [0, 0.1) is 0 Å². The predicted molar refractivity (Wildman–Crippen MR) is 78.0 cm³/mol. The lowest BCUT2D eigenvalue weighted by Gasteiger charge is -2.22. The number of hydrogen-bond acceptors (Lipinski definition) is 5. The van der Waals surface area contributed by atoms with E-state index in [0.717, 1.165) is 38.6 Å². The second-order valence-electron chi connectivity index (χ2n) is 4.90. The van der Waals surface area contributed by atoms with Crippen LogP contribution in [0.4, 0.5) is 0 Å². The van der Waals surface area contributed by atoms with E-state index in [2.05, 4.69) is 0 Å². The molecule has 5 nitrogen and oxygen atoms in total. The number of methoxy groups -OCH3 is 1. The Bertz CT molecular complexity index is 440. The highest BCUT2D eigenvalue weighted by molar-refractivity contribution is 5.76. The van der Waals surface area contributed by atoms with Gasteiger partial charge in [-0.3, -0.25) is 4.79 Å². The van der Waals surface area contributed by atoms with Crippen LogP contribution in [-0.2, 0) is 9.47 Å². The lowest BCUT2D eigenvalue weighted by molar-refractivity contribution is -0.163. The minimum Gasteiger partial charge on any atom is -0.493 e. The summed E-state index contributed by atoms with van der Waals surface area (Å²) in [6.45, 7) is 1.89. The molecular weight excluding hydrogens is 272 g/mol. The summed E-state index contributed by atoms with van der Waals surface area (Å²) in [6, 6.07) is 5.10. The highest BCUT2D eigenvalue weighted by Crippen LogP contribution is 2.27. The molecule has 0 radical (unpaired) electrons. The van der Waals surface area contributed by atoms with E-state index >= 15 is 0 Å². The molecule has 5 heteroatoms. The Kier molecular flexibility index (Phi) is 6.50. The number of aldehydes is 1. The molecule has 1 aromatic rings. The van der Waals surface area contributed by atoms with Crippen LogP contribution < -0.4 is 9.47 Å². The van der Waals surface area contributed by atoms with Gasteiger partial charge in [-0.1, -0.05) is 0 Å². The Morgan fingerprint density at radius 3 is 2.90 bits per heavy atom. The molecule has 1 fully saturated rings. The van der Waals surface area contributed by atoms with Gasteiger partial charge in [0.15, 0.2) is 17.8 Å². The maximum absolute atomic E-state index is 10.8. The third-order valence-electron chi connectivity index (χ3n) is 3.31. The third-order valence-corrected chi connectivity index (χ3v) is 3.31. The van der Waals surface area contributed by atoms with E-state index in [0.29, 0.717) is 30.3 Å². The molecule has 2 rings (SSSR count). The Morgan fingerprint density at radius 2 is 2.19 bits per heavy atom. The van der Waals surface area contributed by atoms with Gasteiger partial charge >= 0.3 is 0 Å². The van der Waals surface area contributed by atoms with Gasteiger partial charge in [0.25, 0.3) is 0 Å². The predicted octanol–water partition coefficient (Wildman–Crippen LogP) is 2.82. The van der Waals surface area contributed by atoms with E-state index in [1.807, 2.05) is 0 Å². The normalized spacial score (nSPS) is 18.2. The molecule has 1 saturated heterocycles. The first kappa shape index (κ1) is 15.8. The summed E-state index contributed by atoms with van der Waals surface area (Å²) >= 11 is 0. The monoisotopic (exact) mass is 294 g/mol. The molecule has 0 spiro atoms. The van der Waals surface area contributed by atoms with Crippen LogP contribution in [0.25, 0.3) is 0 Å². The summed E-state index contributed by atoms with van der Waals surface area (Å²) in [7, 11) is 1.58. The summed E-state index contributed by atoms with van der Waals surface area (Å²) in [5.74, 6) is 1.20. The smallest absolute Gasteiger partial charge is 0.161 e. The zero-order valence-corrected chi connectivity index (χ0v) is 12.4. The van der Waals surface area contributed by atoms with Gasteiger partial charge in [0.1, 0.15) is 6.29 Å². The maximum Gasteiger partial charge on any atom is 0.161 e. The fourth-order valence-corrected chi connectivity index (χ4v) is 2.18. The third kappa shape index (κ3) is 5.02. The highest BCUT2D eigenvalue weighted by Gasteiger charge is 2.13. The summed E-state index contributed by atoms with van der Waals surface area (Å²) in [6.07, 6.45) is 4.74. The lowest BCUT2D eigenvalue weighted by Crippen LogP contribution is -2.23. The largest absolute Gasteiger partial charge is 0.493 e. The van der Waals surface area contributed by atoms with Crippen LogP contribution in [0.15, 0.2) is 18.2 Å². The second-order valence-corrected chi connectivity index (χ2v) is 4.90. The van der Waals surface area contributed by atoms with Gasteiger partial charge in [-0.05, 0) is 37.5 Å². The van der Waals surface area contributed by atoms with E-state index < -0.39 is 0 Å². The first-order valence-corrected chi connectivity index (χ1v) is 7.32. The number of hydrogen-bond donors (Lipinski definition) is 0. The van der Waals surface area contributed by atoms with Crippen LogP contribution in [0.1, 0.15) is 36.0 Å². The van der Waals surface area contributed by atoms with Crippen molar-refractivity contribution in [2.75, 3.05) is 26.9 Å². The second kappa shape index (κ2) is 8.64. The molecule has 0 aliphatic carbocycles. The van der Waals surface area contributed by atoms with Gasteiger partial charge in [0.05, 0.1) is 20.3 Å². The van der Waals surface area contributed by atoms with Crippen LogP contribution in [-0.4, -0.2) is 39.5 Å². The molecule has 0 bridgehead atoms. The minimum atomic E-state index is -0.0633. The van der Waals surface area contributed by atoms with Crippen molar-refractivity contribution >= 4 is 6.29 Å². The van der Waals surface area contributed by atoms with Gasteiger partial charge in [-0.25, -0.2) is 0 Å². The quantitative estimate of drug-likeness (QED) is 0.545. The van der Waals surface area contributed by atoms with Gasteiger partial charge in [0.2, 0.25) is 0 Å². The van der Waals surface area contributed by atoms with Crippen molar-refractivity contribution < 1.29 is 23.7 Å². The van der Waals surface area contributed by atoms with Crippen molar-refractivity contribution in [3.05, 3.63) is 23.8 Å². The van der Waals surface area contributed by atoms with Gasteiger partial charge in [-0.2, -0.15) is 0 Å². The topological polar surface area (TPSA) is 54.0 Å². The van der Waals surface area contributed by atoms with E-state index in [9.17, 15) is 4.79 Å². The number of benzene rings is 1. The van der Waals surface area contributed by atoms with Crippen molar-refractivity contribution in [1.82, 2.24) is 0 Å². The summed E-state index contributed by atoms with van der Waals surface area (Å²) in [5, 5.41) is 0. The van der Waals surface area contributed by atoms with Crippen molar-refractivity contribution in [2.24, 2.45) is 0 Å². The van der Waals surface area contributed by atoms with Crippen LogP contribution >= 0.6 is 0 Å². The van der Waals surface area contributed by atoms with E-state index in [-0.39, 0.29) is 6.29 Å². The number of ether oxygens (including phenoxy) is 4. The molecule has 0 aromatic heterocycles. The fourth-order valence-electron chi connectivity index (χ4n) is 2.18. The highest BCUT2D eigenvalue weighted by atomic mass is 16.7. The Labute approximate surface area is 125 Å². The van der Waals surface area contributed by atoms with Crippen LogP contribution in [0.3, 0.4) is 0 Å². The maximum atomic E-state index is 10.8. The molecule has 0 N–H and O–H groups in total. The van der Waals surface area contributed by atoms with Gasteiger partial charge < -0.3 is 18.9 Å². The zero-order valence-electron chi connectivity index (χ0n) is 12.4. The van der Waals surface area contributed by atoms with Crippen molar-refractivity contribution in [1.29, 1.82) is 0 Å². The van der Waals surface area contributed by atoms with Crippen LogP contribution in [0.2, 0.25) is 0 Å².